The minimum atomic E-state index is 0.00345. The first kappa shape index (κ1) is 15.7. The molecule has 6 heteroatoms. The largest absolute Gasteiger partial charge is 0.379 e. The number of aromatic nitrogens is 1. The normalized spacial score (nSPS) is 25.9. The zero-order valence-corrected chi connectivity index (χ0v) is 14.4. The summed E-state index contributed by atoms with van der Waals surface area (Å²) in [6.07, 6.45) is 1.77. The van der Waals surface area contributed by atoms with Crippen molar-refractivity contribution in [1.82, 2.24) is 9.88 Å². The van der Waals surface area contributed by atoms with Crippen molar-refractivity contribution in [3.8, 4) is 0 Å². The summed E-state index contributed by atoms with van der Waals surface area (Å²) in [4.78, 5) is 20.0. The van der Waals surface area contributed by atoms with Crippen LogP contribution in [-0.2, 0) is 16.1 Å². The molecule has 2 aliphatic heterocycles. The molecular formula is C18H20N2O3S. The molecule has 3 atom stereocenters. The first-order chi connectivity index (χ1) is 11.7. The number of rotatable bonds is 4. The molecule has 0 aromatic carbocycles. The average molecular weight is 344 g/mol. The van der Waals surface area contributed by atoms with Gasteiger partial charge in [0.1, 0.15) is 0 Å². The van der Waals surface area contributed by atoms with Crippen LogP contribution >= 0.6 is 11.3 Å². The number of aryl methyl sites for hydroxylation is 1. The Morgan fingerprint density at radius 2 is 2.33 bits per heavy atom. The Morgan fingerprint density at radius 1 is 1.42 bits per heavy atom. The fraction of sp³-hybridized carbons (Fsp3) is 0.444. The lowest BCUT2D eigenvalue weighted by molar-refractivity contribution is 0.00804. The number of hydrogen-bond donors (Lipinski definition) is 0. The number of carbonyl (C=O) groups excluding carboxylic acids is 1. The molecule has 2 aliphatic rings. The zero-order valence-electron chi connectivity index (χ0n) is 13.6. The van der Waals surface area contributed by atoms with E-state index in [9.17, 15) is 4.79 Å². The predicted octanol–water partition coefficient (Wildman–Crippen LogP) is 2.51. The molecule has 0 spiro atoms. The molecule has 2 saturated heterocycles. The maximum absolute atomic E-state index is 12.9. The lowest BCUT2D eigenvalue weighted by atomic mass is 10.0. The maximum Gasteiger partial charge on any atom is 0.264 e. The Kier molecular flexibility index (Phi) is 4.35. The summed E-state index contributed by atoms with van der Waals surface area (Å²) in [5.74, 6) is 0.352. The fourth-order valence-corrected chi connectivity index (χ4v) is 4.39. The molecule has 5 nitrogen and oxygen atoms in total. The molecular weight excluding hydrogens is 324 g/mol. The van der Waals surface area contributed by atoms with Crippen LogP contribution in [0.5, 0.6) is 0 Å². The summed E-state index contributed by atoms with van der Waals surface area (Å²) in [5, 5.41) is 1.97. The summed E-state index contributed by atoms with van der Waals surface area (Å²) >= 11 is 1.51. The third-order valence-corrected chi connectivity index (χ3v) is 5.84. The summed E-state index contributed by atoms with van der Waals surface area (Å²) in [5.41, 5.74) is 1.95. The second kappa shape index (κ2) is 6.63. The average Bonchev–Trinajstić information content (AvgIpc) is 3.30. The number of hydrogen-bond acceptors (Lipinski definition) is 5. The first-order valence-electron chi connectivity index (χ1n) is 8.18. The summed E-state index contributed by atoms with van der Waals surface area (Å²) in [6, 6.07) is 7.91. The number of pyridine rings is 1. The second-order valence-electron chi connectivity index (χ2n) is 6.33. The van der Waals surface area contributed by atoms with E-state index < -0.39 is 0 Å². The monoisotopic (exact) mass is 344 g/mol. The minimum absolute atomic E-state index is 0.00345. The molecule has 4 rings (SSSR count). The van der Waals surface area contributed by atoms with Crippen molar-refractivity contribution in [3.05, 3.63) is 52.0 Å². The molecule has 0 unspecified atom stereocenters. The van der Waals surface area contributed by atoms with E-state index in [2.05, 4.69) is 4.98 Å². The van der Waals surface area contributed by atoms with Gasteiger partial charge in [-0.15, -0.1) is 11.3 Å². The maximum atomic E-state index is 12.9. The zero-order chi connectivity index (χ0) is 16.5. The Hall–Kier alpha value is -1.76. The number of fused-ring (bicyclic) bond motifs is 1. The molecule has 4 heterocycles. The van der Waals surface area contributed by atoms with Crippen molar-refractivity contribution >= 4 is 17.2 Å². The van der Waals surface area contributed by atoms with Crippen LogP contribution in [0.1, 0.15) is 20.9 Å². The van der Waals surface area contributed by atoms with Crippen molar-refractivity contribution in [3.63, 3.8) is 0 Å². The van der Waals surface area contributed by atoms with Gasteiger partial charge in [-0.25, -0.2) is 0 Å². The van der Waals surface area contributed by atoms with Gasteiger partial charge in [0.25, 0.3) is 5.91 Å². The van der Waals surface area contributed by atoms with Crippen LogP contribution in [0.4, 0.5) is 0 Å². The topological polar surface area (TPSA) is 51.7 Å². The van der Waals surface area contributed by atoms with Gasteiger partial charge in [-0.3, -0.25) is 9.78 Å². The van der Waals surface area contributed by atoms with Crippen LogP contribution in [0.15, 0.2) is 35.8 Å². The highest BCUT2D eigenvalue weighted by molar-refractivity contribution is 7.12. The van der Waals surface area contributed by atoms with E-state index in [1.165, 1.54) is 11.3 Å². The van der Waals surface area contributed by atoms with Gasteiger partial charge in [-0.2, -0.15) is 0 Å². The Balaban J connectivity index is 1.47. The van der Waals surface area contributed by atoms with Crippen molar-refractivity contribution in [2.75, 3.05) is 19.8 Å². The van der Waals surface area contributed by atoms with E-state index >= 15 is 0 Å². The van der Waals surface area contributed by atoms with Gasteiger partial charge in [-0.05, 0) is 36.1 Å². The number of thiophene rings is 1. The summed E-state index contributed by atoms with van der Waals surface area (Å²) in [6.45, 7) is 4.34. The van der Waals surface area contributed by atoms with E-state index in [-0.39, 0.29) is 24.0 Å². The SMILES string of the molecule is Cc1ccsc1C(=O)N1C[C@@H](OCc2ccccn2)[C@@H]2COC[C@@H]21. The van der Waals surface area contributed by atoms with Gasteiger partial charge in [0, 0.05) is 18.7 Å². The van der Waals surface area contributed by atoms with Gasteiger partial charge in [0.05, 0.1) is 42.5 Å². The molecule has 1 amide bonds. The van der Waals surface area contributed by atoms with Crippen LogP contribution in [0.3, 0.4) is 0 Å². The Labute approximate surface area is 145 Å². The van der Waals surface area contributed by atoms with Gasteiger partial charge in [0.15, 0.2) is 0 Å². The van der Waals surface area contributed by atoms with Crippen molar-refractivity contribution in [2.24, 2.45) is 5.92 Å². The lowest BCUT2D eigenvalue weighted by Crippen LogP contribution is -2.38. The van der Waals surface area contributed by atoms with Gasteiger partial charge in [0.2, 0.25) is 0 Å². The molecule has 0 saturated carbocycles. The summed E-state index contributed by atoms with van der Waals surface area (Å²) < 4.78 is 11.7. The molecule has 0 N–H and O–H groups in total. The number of carbonyl (C=O) groups is 1. The van der Waals surface area contributed by atoms with E-state index in [0.717, 1.165) is 16.1 Å². The standard InChI is InChI=1S/C18H20N2O3S/c1-12-5-7-24-17(12)18(21)20-8-16(14-10-22-11-15(14)20)23-9-13-4-2-3-6-19-13/h2-7,14-16H,8-11H2,1H3/t14-,15+,16-/m1/s1. The molecule has 0 radical (unpaired) electrons. The molecule has 0 aliphatic carbocycles. The molecule has 2 aromatic rings. The molecule has 0 bridgehead atoms. The Morgan fingerprint density at radius 3 is 3.08 bits per heavy atom. The highest BCUT2D eigenvalue weighted by Crippen LogP contribution is 2.34. The number of likely N-dealkylation sites (tertiary alicyclic amines) is 1. The number of amides is 1. The van der Waals surface area contributed by atoms with Crippen molar-refractivity contribution in [1.29, 1.82) is 0 Å². The van der Waals surface area contributed by atoms with Crippen LogP contribution < -0.4 is 0 Å². The lowest BCUT2D eigenvalue weighted by Gasteiger charge is -2.22. The summed E-state index contributed by atoms with van der Waals surface area (Å²) in [7, 11) is 0. The molecule has 24 heavy (non-hydrogen) atoms. The molecule has 2 aromatic heterocycles. The second-order valence-corrected chi connectivity index (χ2v) is 7.25. The fourth-order valence-electron chi connectivity index (χ4n) is 3.51. The molecule has 2 fully saturated rings. The van der Waals surface area contributed by atoms with E-state index in [1.54, 1.807) is 6.20 Å². The van der Waals surface area contributed by atoms with Gasteiger partial charge >= 0.3 is 0 Å². The minimum Gasteiger partial charge on any atom is -0.379 e. The van der Waals surface area contributed by atoms with Crippen molar-refractivity contribution in [2.45, 2.75) is 25.7 Å². The third kappa shape index (κ3) is 2.85. The van der Waals surface area contributed by atoms with Crippen LogP contribution in [0.2, 0.25) is 0 Å². The van der Waals surface area contributed by atoms with E-state index in [1.807, 2.05) is 41.5 Å². The smallest absolute Gasteiger partial charge is 0.264 e. The highest BCUT2D eigenvalue weighted by Gasteiger charge is 2.48. The predicted molar refractivity (Wildman–Crippen MR) is 91.0 cm³/mol. The number of ether oxygens (including phenoxy) is 2. The quantitative estimate of drug-likeness (QED) is 0.855. The third-order valence-electron chi connectivity index (χ3n) is 4.84. The van der Waals surface area contributed by atoms with Crippen LogP contribution in [-0.4, -0.2) is 47.7 Å². The molecule has 126 valence electrons. The highest BCUT2D eigenvalue weighted by atomic mass is 32.1. The van der Waals surface area contributed by atoms with Crippen molar-refractivity contribution < 1.29 is 14.3 Å². The van der Waals surface area contributed by atoms with Gasteiger partial charge in [-0.1, -0.05) is 6.07 Å². The Bertz CT molecular complexity index is 718. The van der Waals surface area contributed by atoms with Crippen LogP contribution in [0, 0.1) is 12.8 Å². The van der Waals surface area contributed by atoms with Gasteiger partial charge < -0.3 is 14.4 Å². The van der Waals surface area contributed by atoms with Crippen LogP contribution in [0.25, 0.3) is 0 Å². The van der Waals surface area contributed by atoms with E-state index in [0.29, 0.717) is 26.4 Å². The van der Waals surface area contributed by atoms with E-state index in [4.69, 9.17) is 9.47 Å². The number of nitrogens with zero attached hydrogens (tertiary/aromatic N) is 2. The first-order valence-corrected chi connectivity index (χ1v) is 9.06.